The lowest BCUT2D eigenvalue weighted by molar-refractivity contribution is 1.12. The predicted octanol–water partition coefficient (Wildman–Crippen LogP) is 4.71. The third kappa shape index (κ3) is 2.48. The summed E-state index contributed by atoms with van der Waals surface area (Å²) >= 11 is 23.0. The summed E-state index contributed by atoms with van der Waals surface area (Å²) in [6.45, 7) is 0. The first kappa shape index (κ1) is 11.3. The highest BCUT2D eigenvalue weighted by atomic mass is 35.6. The van der Waals surface area contributed by atoms with Crippen LogP contribution in [0.5, 0.6) is 0 Å². The molecule has 15 heavy (non-hydrogen) atoms. The van der Waals surface area contributed by atoms with Crippen molar-refractivity contribution in [2.24, 2.45) is 0 Å². The van der Waals surface area contributed by atoms with E-state index in [0.717, 1.165) is 10.9 Å². The first-order chi connectivity index (χ1) is 6.97. The van der Waals surface area contributed by atoms with Crippen molar-refractivity contribution in [3.8, 4) is 0 Å². The monoisotopic (exact) mass is 279 g/mol. The Morgan fingerprint density at radius 3 is 2.40 bits per heavy atom. The largest absolute Gasteiger partial charge is 0.248 e. The minimum Gasteiger partial charge on any atom is -0.248 e. The number of hydrogen-bond donors (Lipinski definition) is 0. The van der Waals surface area contributed by atoms with Gasteiger partial charge in [-0.15, -0.1) is 0 Å². The van der Waals surface area contributed by atoms with Crippen LogP contribution >= 0.6 is 46.4 Å². The van der Waals surface area contributed by atoms with Gasteiger partial charge >= 0.3 is 0 Å². The first-order valence-electron chi connectivity index (χ1n) is 4.10. The van der Waals surface area contributed by atoms with Gasteiger partial charge in [-0.05, 0) is 24.3 Å². The Morgan fingerprint density at radius 2 is 1.73 bits per heavy atom. The summed E-state index contributed by atoms with van der Waals surface area (Å²) in [5.74, 6) is 0. The van der Waals surface area contributed by atoms with Crippen LogP contribution in [0, 0.1) is 0 Å². The van der Waals surface area contributed by atoms with Gasteiger partial charge in [0.25, 0.3) is 0 Å². The highest BCUT2D eigenvalue weighted by Gasteiger charge is 2.24. The summed E-state index contributed by atoms with van der Waals surface area (Å²) in [5.41, 5.74) is 1.16. The molecule has 0 radical (unpaired) electrons. The van der Waals surface area contributed by atoms with E-state index in [1.54, 1.807) is 18.2 Å². The number of hydrogen-bond acceptors (Lipinski definition) is 1. The van der Waals surface area contributed by atoms with Gasteiger partial charge in [-0.1, -0.05) is 52.5 Å². The molecular formula is C10H5Cl4N. The minimum absolute atomic E-state index is 0.405. The lowest BCUT2D eigenvalue weighted by atomic mass is 10.2. The van der Waals surface area contributed by atoms with Crippen LogP contribution in [-0.2, 0) is 3.79 Å². The van der Waals surface area contributed by atoms with Gasteiger partial charge < -0.3 is 0 Å². The molecule has 0 aliphatic rings. The molecular weight excluding hydrogens is 276 g/mol. The van der Waals surface area contributed by atoms with E-state index in [-0.39, 0.29) is 0 Å². The van der Waals surface area contributed by atoms with Gasteiger partial charge in [0, 0.05) is 10.4 Å². The van der Waals surface area contributed by atoms with E-state index >= 15 is 0 Å². The van der Waals surface area contributed by atoms with E-state index in [1.807, 2.05) is 12.1 Å². The maximum Gasteiger partial charge on any atom is 0.232 e. The van der Waals surface area contributed by atoms with Gasteiger partial charge in [-0.25, -0.2) is 4.98 Å². The number of fused-ring (bicyclic) bond motifs is 1. The molecule has 2 rings (SSSR count). The van der Waals surface area contributed by atoms with Crippen LogP contribution in [0.3, 0.4) is 0 Å². The van der Waals surface area contributed by atoms with Crippen molar-refractivity contribution < 1.29 is 0 Å². The Morgan fingerprint density at radius 1 is 1.00 bits per heavy atom. The normalized spacial score (nSPS) is 12.0. The molecule has 0 bridgehead atoms. The van der Waals surface area contributed by atoms with Crippen molar-refractivity contribution in [3.05, 3.63) is 41.0 Å². The molecule has 0 atom stereocenters. The smallest absolute Gasteiger partial charge is 0.232 e. The third-order valence-corrected chi connectivity index (χ3v) is 2.76. The van der Waals surface area contributed by atoms with E-state index in [9.17, 15) is 0 Å². The predicted molar refractivity (Wildman–Crippen MR) is 66.0 cm³/mol. The topological polar surface area (TPSA) is 12.9 Å². The van der Waals surface area contributed by atoms with Crippen LogP contribution in [0.1, 0.15) is 5.69 Å². The molecule has 0 N–H and O–H groups in total. The number of nitrogens with zero attached hydrogens (tertiary/aromatic N) is 1. The average Bonchev–Trinajstić information content (AvgIpc) is 2.15. The second-order valence-electron chi connectivity index (χ2n) is 3.03. The molecule has 0 amide bonds. The van der Waals surface area contributed by atoms with Gasteiger partial charge in [0.15, 0.2) is 0 Å². The van der Waals surface area contributed by atoms with Crippen LogP contribution in [0.2, 0.25) is 5.02 Å². The molecule has 0 unspecified atom stereocenters. The number of pyridine rings is 1. The van der Waals surface area contributed by atoms with Crippen molar-refractivity contribution >= 4 is 57.3 Å². The van der Waals surface area contributed by atoms with Crippen LogP contribution < -0.4 is 0 Å². The number of halogens is 4. The Kier molecular flexibility index (Phi) is 3.00. The van der Waals surface area contributed by atoms with Crippen molar-refractivity contribution in [2.45, 2.75) is 3.79 Å². The molecule has 78 valence electrons. The van der Waals surface area contributed by atoms with E-state index in [0.29, 0.717) is 10.7 Å². The SMILES string of the molecule is Clc1ccc2nc(C(Cl)(Cl)Cl)ccc2c1. The summed E-state index contributed by atoms with van der Waals surface area (Å²) in [7, 11) is 0. The van der Waals surface area contributed by atoms with E-state index < -0.39 is 3.79 Å². The van der Waals surface area contributed by atoms with E-state index in [2.05, 4.69) is 4.98 Å². The van der Waals surface area contributed by atoms with Crippen LogP contribution in [0.25, 0.3) is 10.9 Å². The standard InChI is InChI=1S/C10H5Cl4N/c11-7-2-3-8-6(5-7)1-4-9(15-8)10(12,13)14/h1-5H. The van der Waals surface area contributed by atoms with Crippen molar-refractivity contribution in [2.75, 3.05) is 0 Å². The highest BCUT2D eigenvalue weighted by Crippen LogP contribution is 2.37. The van der Waals surface area contributed by atoms with Crippen LogP contribution in [0.4, 0.5) is 0 Å². The summed E-state index contributed by atoms with van der Waals surface area (Å²) in [6.07, 6.45) is 0. The fourth-order valence-corrected chi connectivity index (χ4v) is 1.75. The first-order valence-corrected chi connectivity index (χ1v) is 5.61. The zero-order valence-corrected chi connectivity index (χ0v) is 10.4. The maximum atomic E-state index is 5.84. The maximum absolute atomic E-state index is 5.84. The van der Waals surface area contributed by atoms with Crippen molar-refractivity contribution in [1.82, 2.24) is 4.98 Å². The van der Waals surface area contributed by atoms with Crippen molar-refractivity contribution in [1.29, 1.82) is 0 Å². The van der Waals surface area contributed by atoms with Gasteiger partial charge in [-0.2, -0.15) is 0 Å². The molecule has 1 aromatic carbocycles. The quantitative estimate of drug-likeness (QED) is 0.637. The van der Waals surface area contributed by atoms with Crippen molar-refractivity contribution in [3.63, 3.8) is 0 Å². The number of alkyl halides is 3. The van der Waals surface area contributed by atoms with Crippen LogP contribution in [0.15, 0.2) is 30.3 Å². The van der Waals surface area contributed by atoms with Gasteiger partial charge in [0.2, 0.25) is 3.79 Å². The molecule has 0 spiro atoms. The molecule has 1 aromatic heterocycles. The molecule has 1 nitrogen and oxygen atoms in total. The van der Waals surface area contributed by atoms with E-state index in [1.165, 1.54) is 0 Å². The molecule has 0 saturated carbocycles. The Labute approximate surface area is 107 Å². The highest BCUT2D eigenvalue weighted by molar-refractivity contribution is 6.66. The summed E-state index contributed by atoms with van der Waals surface area (Å²) in [5, 5.41) is 1.58. The molecule has 0 saturated heterocycles. The fourth-order valence-electron chi connectivity index (χ4n) is 1.25. The average molecular weight is 281 g/mol. The fraction of sp³-hybridized carbons (Fsp3) is 0.100. The summed E-state index contributed by atoms with van der Waals surface area (Å²) in [4.78, 5) is 4.23. The molecule has 1 heterocycles. The molecule has 0 aliphatic carbocycles. The van der Waals surface area contributed by atoms with Gasteiger partial charge in [0.05, 0.1) is 11.2 Å². The van der Waals surface area contributed by atoms with Gasteiger partial charge in [0.1, 0.15) is 0 Å². The Bertz CT molecular complexity index is 504. The number of aromatic nitrogens is 1. The Hall–Kier alpha value is -0.210. The summed E-state index contributed by atoms with van der Waals surface area (Å²) < 4.78 is -1.49. The molecule has 5 heteroatoms. The summed E-state index contributed by atoms with van der Waals surface area (Å²) in [6, 6.07) is 8.85. The zero-order valence-electron chi connectivity index (χ0n) is 7.35. The third-order valence-electron chi connectivity index (χ3n) is 1.94. The number of rotatable bonds is 0. The lowest BCUT2D eigenvalue weighted by Gasteiger charge is -2.10. The molecule has 0 aliphatic heterocycles. The minimum atomic E-state index is -1.49. The Balaban J connectivity index is 2.62. The van der Waals surface area contributed by atoms with E-state index in [4.69, 9.17) is 46.4 Å². The molecule has 2 aromatic rings. The van der Waals surface area contributed by atoms with Crippen LogP contribution in [-0.4, -0.2) is 4.98 Å². The zero-order chi connectivity index (χ0) is 11.1. The lowest BCUT2D eigenvalue weighted by Crippen LogP contribution is -2.03. The number of benzene rings is 1. The second-order valence-corrected chi connectivity index (χ2v) is 5.75. The molecule has 0 fully saturated rings. The van der Waals surface area contributed by atoms with Gasteiger partial charge in [-0.3, -0.25) is 0 Å². The second kappa shape index (κ2) is 3.99.